The predicted octanol–water partition coefficient (Wildman–Crippen LogP) is 5.65. The summed E-state index contributed by atoms with van der Waals surface area (Å²) < 4.78 is 29.9. The van der Waals surface area contributed by atoms with E-state index in [1.165, 1.54) is 18.9 Å². The zero-order valence-electron chi connectivity index (χ0n) is 27.7. The number of hydrogen-bond donors (Lipinski definition) is 2. The second-order valence-corrected chi connectivity index (χ2v) is 31.1. The lowest BCUT2D eigenvalue weighted by Crippen LogP contribution is -2.63. The maximum atomic E-state index is 11.5. The lowest BCUT2D eigenvalue weighted by Gasteiger charge is -2.42. The zero-order valence-corrected chi connectivity index (χ0v) is 31.7. The number of ether oxygens (including phenoxy) is 2. The molecule has 41 heavy (non-hydrogen) atoms. The standard InChI is InChI=1S/C13H32O5Si4.C13H20O2.C2H6O2/c1-11-13(14)15-12-22(16-19(2,3)4,17-20(5,6)7)18-21(8,9)10;1-5-11(14)15-10-8-9-6-7-13(10,4)12(9,2)3;3-1-2-4/h11H,1,12H2,2-10H3;5,9-10H,1,6-8H2,2-4H3;3-4H,1-2H2. The third-order valence-electron chi connectivity index (χ3n) is 7.18. The largest absolute Gasteiger partial charge is 0.509 e. The average molecular weight is 651 g/mol. The van der Waals surface area contributed by atoms with Crippen LogP contribution in [0.3, 0.4) is 0 Å². The van der Waals surface area contributed by atoms with Gasteiger partial charge in [0, 0.05) is 17.6 Å². The second-order valence-electron chi connectivity index (χ2n) is 14.3. The number of carbonyl (C=O) groups is 2. The maximum Gasteiger partial charge on any atom is 0.509 e. The van der Waals surface area contributed by atoms with Crippen molar-refractivity contribution in [3.63, 3.8) is 0 Å². The van der Waals surface area contributed by atoms with Crippen molar-refractivity contribution in [2.75, 3.05) is 19.4 Å². The highest BCUT2D eigenvalue weighted by atomic mass is 28.5. The highest BCUT2D eigenvalue weighted by Gasteiger charge is 2.62. The number of aliphatic hydroxyl groups excluding tert-OH is 2. The zero-order chi connectivity index (χ0) is 32.5. The van der Waals surface area contributed by atoms with E-state index in [1.807, 2.05) is 0 Å². The fourth-order valence-electron chi connectivity index (χ4n) is 5.27. The van der Waals surface area contributed by atoms with Gasteiger partial charge in [0.25, 0.3) is 0 Å². The number of aliphatic hydroxyl groups is 2. The van der Waals surface area contributed by atoms with Gasteiger partial charge in [-0.2, -0.15) is 0 Å². The highest BCUT2D eigenvalue weighted by Crippen LogP contribution is 2.66. The summed E-state index contributed by atoms with van der Waals surface area (Å²) in [6, 6.07) is 0. The number of esters is 2. The first kappa shape index (κ1) is 40.1. The number of rotatable bonds is 12. The molecule has 2 aliphatic rings. The van der Waals surface area contributed by atoms with Crippen molar-refractivity contribution in [2.45, 2.75) is 105 Å². The lowest BCUT2D eigenvalue weighted by molar-refractivity contribution is -0.150. The van der Waals surface area contributed by atoms with Crippen LogP contribution in [0.2, 0.25) is 58.9 Å². The van der Waals surface area contributed by atoms with Crippen LogP contribution in [0, 0.1) is 16.7 Å². The number of carbonyl (C=O) groups excluding carboxylic acids is 2. The summed E-state index contributed by atoms with van der Waals surface area (Å²) in [6.45, 7) is 32.3. The van der Waals surface area contributed by atoms with E-state index in [2.05, 4.69) is 92.9 Å². The topological polar surface area (TPSA) is 121 Å². The van der Waals surface area contributed by atoms with E-state index in [-0.39, 0.29) is 36.9 Å². The summed E-state index contributed by atoms with van der Waals surface area (Å²) in [6.07, 6.45) is 6.06. The Morgan fingerprint density at radius 2 is 1.22 bits per heavy atom. The second kappa shape index (κ2) is 15.7. The van der Waals surface area contributed by atoms with E-state index < -0.39 is 39.7 Å². The first-order valence-electron chi connectivity index (χ1n) is 14.4. The molecule has 2 saturated carbocycles. The van der Waals surface area contributed by atoms with Crippen molar-refractivity contribution in [1.82, 2.24) is 0 Å². The van der Waals surface area contributed by atoms with Gasteiger partial charge in [0.15, 0.2) is 31.2 Å². The van der Waals surface area contributed by atoms with Crippen LogP contribution in [0.15, 0.2) is 25.3 Å². The molecule has 9 nitrogen and oxygen atoms in total. The molecule has 3 unspecified atom stereocenters. The Kier molecular flexibility index (Phi) is 15.4. The molecule has 0 heterocycles. The third-order valence-corrected chi connectivity index (χ3v) is 18.8. The molecule has 2 aliphatic carbocycles. The van der Waals surface area contributed by atoms with Gasteiger partial charge in [-0.15, -0.1) is 0 Å². The van der Waals surface area contributed by atoms with Crippen LogP contribution in [-0.2, 0) is 31.4 Å². The molecular weight excluding hydrogens is 593 g/mol. The van der Waals surface area contributed by atoms with Gasteiger partial charge in [-0.1, -0.05) is 33.9 Å². The molecule has 0 aromatic heterocycles. The van der Waals surface area contributed by atoms with Gasteiger partial charge >= 0.3 is 20.7 Å². The van der Waals surface area contributed by atoms with Crippen LogP contribution in [-0.4, -0.2) is 81.5 Å². The molecule has 2 N–H and O–H groups in total. The van der Waals surface area contributed by atoms with Gasteiger partial charge < -0.3 is 32.0 Å². The molecule has 2 bridgehead atoms. The minimum atomic E-state index is -3.09. The van der Waals surface area contributed by atoms with E-state index >= 15 is 0 Å². The Hall–Kier alpha value is -0.912. The monoisotopic (exact) mass is 650 g/mol. The van der Waals surface area contributed by atoms with Crippen LogP contribution in [0.1, 0.15) is 40.0 Å². The molecule has 0 aromatic rings. The summed E-state index contributed by atoms with van der Waals surface area (Å²) in [5.74, 6) is -0.0379. The molecule has 0 amide bonds. The van der Waals surface area contributed by atoms with Crippen molar-refractivity contribution in [3.05, 3.63) is 25.3 Å². The molecule has 240 valence electrons. The SMILES string of the molecule is C=CC(=O)OC1CC2CCC1(C)C2(C)C.C=CC(=O)OC[Si](O[Si](C)(C)C)(O[Si](C)(C)C)O[Si](C)(C)C.OCCO. The highest BCUT2D eigenvalue weighted by molar-refractivity contribution is 6.90. The Balaban J connectivity index is 0.000000721. The van der Waals surface area contributed by atoms with Crippen molar-refractivity contribution < 1.29 is 41.6 Å². The fraction of sp³-hybridized carbons (Fsp3) is 0.786. The molecule has 3 atom stereocenters. The molecule has 2 rings (SSSR count). The predicted molar refractivity (Wildman–Crippen MR) is 174 cm³/mol. The van der Waals surface area contributed by atoms with E-state index in [1.54, 1.807) is 0 Å². The molecule has 13 heteroatoms. The van der Waals surface area contributed by atoms with Crippen molar-refractivity contribution in [2.24, 2.45) is 16.7 Å². The van der Waals surface area contributed by atoms with Crippen LogP contribution < -0.4 is 0 Å². The van der Waals surface area contributed by atoms with Crippen LogP contribution in [0.5, 0.6) is 0 Å². The van der Waals surface area contributed by atoms with Gasteiger partial charge in [-0.05, 0) is 89.5 Å². The van der Waals surface area contributed by atoms with Gasteiger partial charge in [-0.3, -0.25) is 0 Å². The normalized spacial score (nSPS) is 23.4. The fourth-order valence-corrected chi connectivity index (χ4v) is 19.1. The number of hydrogen-bond acceptors (Lipinski definition) is 9. The van der Waals surface area contributed by atoms with E-state index in [0.29, 0.717) is 11.3 Å². The van der Waals surface area contributed by atoms with Crippen LogP contribution in [0.4, 0.5) is 0 Å². The Bertz CT molecular complexity index is 832. The molecule has 2 fully saturated rings. The molecule has 0 saturated heterocycles. The third kappa shape index (κ3) is 13.5. The van der Waals surface area contributed by atoms with E-state index in [4.69, 9.17) is 32.0 Å². The van der Waals surface area contributed by atoms with Crippen LogP contribution in [0.25, 0.3) is 0 Å². The molecular formula is C28H58O9Si4. The molecule has 0 aliphatic heterocycles. The van der Waals surface area contributed by atoms with Gasteiger partial charge in [0.2, 0.25) is 0 Å². The summed E-state index contributed by atoms with van der Waals surface area (Å²) in [5, 5.41) is 15.2. The Morgan fingerprint density at radius 3 is 1.49 bits per heavy atom. The summed E-state index contributed by atoms with van der Waals surface area (Å²) in [7, 11) is -8.89. The van der Waals surface area contributed by atoms with Crippen molar-refractivity contribution >= 4 is 45.7 Å². The lowest BCUT2D eigenvalue weighted by atomic mass is 9.70. The molecule has 0 radical (unpaired) electrons. The van der Waals surface area contributed by atoms with Crippen molar-refractivity contribution in [1.29, 1.82) is 0 Å². The summed E-state index contributed by atoms with van der Waals surface area (Å²) >= 11 is 0. The minimum absolute atomic E-state index is 0.0522. The smallest absolute Gasteiger partial charge is 0.459 e. The molecule has 0 aromatic carbocycles. The van der Waals surface area contributed by atoms with E-state index in [0.717, 1.165) is 12.5 Å². The Labute approximate surface area is 253 Å². The summed E-state index contributed by atoms with van der Waals surface area (Å²) in [4.78, 5) is 22.8. The first-order chi connectivity index (χ1) is 18.4. The minimum Gasteiger partial charge on any atom is -0.459 e. The van der Waals surface area contributed by atoms with Gasteiger partial charge in [0.05, 0.1) is 13.2 Å². The average Bonchev–Trinajstić information content (AvgIpc) is 3.13. The maximum absolute atomic E-state index is 11.5. The number of fused-ring (bicyclic) bond motifs is 2. The van der Waals surface area contributed by atoms with E-state index in [9.17, 15) is 9.59 Å². The molecule has 0 spiro atoms. The van der Waals surface area contributed by atoms with Crippen LogP contribution >= 0.6 is 0 Å². The first-order valence-corrected chi connectivity index (χ1v) is 26.5. The Morgan fingerprint density at radius 1 is 0.805 bits per heavy atom. The van der Waals surface area contributed by atoms with Gasteiger partial charge in [0.1, 0.15) is 6.10 Å². The quantitative estimate of drug-likeness (QED) is 0.157. The van der Waals surface area contributed by atoms with Gasteiger partial charge in [-0.25, -0.2) is 9.59 Å². The summed E-state index contributed by atoms with van der Waals surface area (Å²) in [5.41, 5.74) is 0.468. The van der Waals surface area contributed by atoms with Crippen molar-refractivity contribution in [3.8, 4) is 0 Å².